The quantitative estimate of drug-likeness (QED) is 0.345. The number of nitrogens with zero attached hydrogens (tertiary/aromatic N) is 3. The Hall–Kier alpha value is -3.09. The van der Waals surface area contributed by atoms with Crippen LogP contribution in [0.4, 0.5) is 24.7 Å². The highest BCUT2D eigenvalue weighted by atomic mass is 35.5. The van der Waals surface area contributed by atoms with Gasteiger partial charge in [0.15, 0.2) is 0 Å². The van der Waals surface area contributed by atoms with Crippen molar-refractivity contribution in [1.82, 2.24) is 14.3 Å². The summed E-state index contributed by atoms with van der Waals surface area (Å²) in [6, 6.07) is 8.68. The van der Waals surface area contributed by atoms with Crippen molar-refractivity contribution in [3.63, 3.8) is 0 Å². The zero-order chi connectivity index (χ0) is 26.3. The van der Waals surface area contributed by atoms with Crippen LogP contribution in [0.3, 0.4) is 0 Å². The minimum Gasteiger partial charge on any atom is -0.497 e. The van der Waals surface area contributed by atoms with Gasteiger partial charge in [0.05, 0.1) is 29.3 Å². The Labute approximate surface area is 211 Å². The first kappa shape index (κ1) is 26.0. The Bertz CT molecular complexity index is 1380. The second kappa shape index (κ2) is 9.75. The van der Waals surface area contributed by atoms with E-state index < -0.39 is 27.8 Å². The zero-order valence-corrected chi connectivity index (χ0v) is 20.9. The van der Waals surface area contributed by atoms with E-state index in [1.165, 1.54) is 29.6 Å². The highest BCUT2D eigenvalue weighted by Crippen LogP contribution is 2.35. The Morgan fingerprint density at radius 3 is 2.50 bits per heavy atom. The van der Waals surface area contributed by atoms with Crippen LogP contribution in [0.2, 0.25) is 5.28 Å². The topological polar surface area (TPSA) is 110 Å². The number of ether oxygens (including phenoxy) is 1. The summed E-state index contributed by atoms with van der Waals surface area (Å²) < 4.78 is 72.7. The van der Waals surface area contributed by atoms with Crippen molar-refractivity contribution in [1.29, 1.82) is 0 Å². The van der Waals surface area contributed by atoms with E-state index in [0.29, 0.717) is 17.0 Å². The second-order valence-corrected chi connectivity index (χ2v) is 10.6. The maximum Gasteiger partial charge on any atom is 0.416 e. The molecule has 0 spiro atoms. The molecule has 0 amide bonds. The van der Waals surface area contributed by atoms with Gasteiger partial charge in [-0.3, -0.25) is 0 Å². The molecule has 2 heterocycles. The zero-order valence-electron chi connectivity index (χ0n) is 19.3. The van der Waals surface area contributed by atoms with Crippen molar-refractivity contribution in [3.05, 3.63) is 70.1 Å². The van der Waals surface area contributed by atoms with Gasteiger partial charge in [-0.05, 0) is 66.6 Å². The van der Waals surface area contributed by atoms with Gasteiger partial charge in [-0.2, -0.15) is 17.5 Å². The van der Waals surface area contributed by atoms with E-state index in [9.17, 15) is 21.6 Å². The summed E-state index contributed by atoms with van der Waals surface area (Å²) in [6.45, 7) is 1.78. The van der Waals surface area contributed by atoms with Gasteiger partial charge in [-0.1, -0.05) is 0 Å². The number of sulfonamides is 1. The summed E-state index contributed by atoms with van der Waals surface area (Å²) in [5.41, 5.74) is 6.14. The number of methoxy groups -OCH3 is 1. The van der Waals surface area contributed by atoms with E-state index in [4.69, 9.17) is 22.1 Å². The SMILES string of the molecule is COc1ccc(S(=O)(=O)N2CCc3nc(Cl)nc(N[C@H](C)c4cc(N)cc(C(F)(F)F)c4)c3C2)cc1. The maximum atomic E-state index is 13.3. The average Bonchev–Trinajstić information content (AvgIpc) is 2.82. The minimum absolute atomic E-state index is 0.0343. The molecule has 192 valence electrons. The molecule has 3 N–H and O–H groups in total. The van der Waals surface area contributed by atoms with Gasteiger partial charge in [-0.25, -0.2) is 18.4 Å². The number of hydrogen-bond acceptors (Lipinski definition) is 7. The molecule has 1 atom stereocenters. The van der Waals surface area contributed by atoms with Crippen molar-refractivity contribution in [3.8, 4) is 5.75 Å². The number of fused-ring (bicyclic) bond motifs is 1. The number of hydrogen-bond donors (Lipinski definition) is 2. The first-order valence-electron chi connectivity index (χ1n) is 10.8. The van der Waals surface area contributed by atoms with E-state index in [0.717, 1.165) is 12.1 Å². The summed E-state index contributed by atoms with van der Waals surface area (Å²) in [6.07, 6.45) is -4.27. The smallest absolute Gasteiger partial charge is 0.416 e. The molecular formula is C23H23ClF3N5O3S. The molecule has 1 aliphatic heterocycles. The number of nitrogen functional groups attached to an aromatic ring is 1. The number of anilines is 2. The third kappa shape index (κ3) is 5.35. The second-order valence-electron chi connectivity index (χ2n) is 8.28. The summed E-state index contributed by atoms with van der Waals surface area (Å²) in [5.74, 6) is 0.764. The number of rotatable bonds is 6. The molecule has 36 heavy (non-hydrogen) atoms. The fourth-order valence-corrected chi connectivity index (χ4v) is 5.55. The normalized spacial score (nSPS) is 15.3. The van der Waals surface area contributed by atoms with Crippen molar-refractivity contribution in [2.75, 3.05) is 24.7 Å². The molecule has 0 fully saturated rings. The number of nitrogens with two attached hydrogens (primary N) is 1. The lowest BCUT2D eigenvalue weighted by atomic mass is 10.0. The van der Waals surface area contributed by atoms with Crippen LogP contribution in [-0.4, -0.2) is 36.3 Å². The molecule has 1 aliphatic rings. The molecule has 0 aliphatic carbocycles. The van der Waals surface area contributed by atoms with E-state index in [2.05, 4.69) is 15.3 Å². The predicted octanol–water partition coefficient (Wildman–Crippen LogP) is 4.66. The Balaban J connectivity index is 1.64. The van der Waals surface area contributed by atoms with Crippen molar-refractivity contribution in [2.45, 2.75) is 37.0 Å². The van der Waals surface area contributed by atoms with E-state index in [-0.39, 0.29) is 46.8 Å². The minimum atomic E-state index is -4.56. The Kier molecular flexibility index (Phi) is 7.04. The molecule has 0 saturated carbocycles. The highest BCUT2D eigenvalue weighted by Gasteiger charge is 2.33. The third-order valence-electron chi connectivity index (χ3n) is 5.85. The molecule has 4 rings (SSSR count). The molecule has 13 heteroatoms. The third-order valence-corrected chi connectivity index (χ3v) is 7.88. The first-order valence-corrected chi connectivity index (χ1v) is 12.6. The fraction of sp³-hybridized carbons (Fsp3) is 0.304. The summed E-state index contributed by atoms with van der Waals surface area (Å²) in [4.78, 5) is 8.54. The number of nitrogens with one attached hydrogen (secondary N) is 1. The van der Waals surface area contributed by atoms with Crippen LogP contribution in [0, 0.1) is 0 Å². The Morgan fingerprint density at radius 2 is 1.86 bits per heavy atom. The lowest BCUT2D eigenvalue weighted by molar-refractivity contribution is -0.137. The first-order chi connectivity index (χ1) is 16.9. The average molecular weight is 542 g/mol. The largest absolute Gasteiger partial charge is 0.497 e. The number of aromatic nitrogens is 2. The number of alkyl halides is 3. The van der Waals surface area contributed by atoms with E-state index in [1.807, 2.05) is 0 Å². The van der Waals surface area contributed by atoms with Crippen LogP contribution in [0.25, 0.3) is 0 Å². The monoisotopic (exact) mass is 541 g/mol. The molecule has 8 nitrogen and oxygen atoms in total. The summed E-state index contributed by atoms with van der Waals surface area (Å²) >= 11 is 6.10. The lowest BCUT2D eigenvalue weighted by Crippen LogP contribution is -2.37. The van der Waals surface area contributed by atoms with Crippen molar-refractivity contribution in [2.24, 2.45) is 0 Å². The molecule has 0 unspecified atom stereocenters. The standard InChI is InChI=1S/C23H23ClF3N5O3S/c1-13(14-9-15(23(25,26)27)11-16(28)10-14)29-21-19-12-32(8-7-20(19)30-22(24)31-21)36(33,34)18-5-3-17(35-2)4-6-18/h3-6,9-11,13H,7-8,12,28H2,1-2H3,(H,29,30,31)/t13-/m1/s1. The molecule has 2 aromatic carbocycles. The molecule has 3 aromatic rings. The van der Waals surface area contributed by atoms with Gasteiger partial charge in [0.25, 0.3) is 0 Å². The lowest BCUT2D eigenvalue weighted by Gasteiger charge is -2.29. The fourth-order valence-electron chi connectivity index (χ4n) is 3.96. The van der Waals surface area contributed by atoms with Gasteiger partial charge in [-0.15, -0.1) is 0 Å². The van der Waals surface area contributed by atoms with Gasteiger partial charge < -0.3 is 15.8 Å². The highest BCUT2D eigenvalue weighted by molar-refractivity contribution is 7.89. The number of benzene rings is 2. The van der Waals surface area contributed by atoms with Crippen LogP contribution in [0.1, 0.15) is 35.3 Å². The van der Waals surface area contributed by atoms with Crippen LogP contribution in [-0.2, 0) is 29.2 Å². The van der Waals surface area contributed by atoms with Crippen molar-refractivity contribution < 1.29 is 26.3 Å². The van der Waals surface area contributed by atoms with Gasteiger partial charge in [0.1, 0.15) is 11.6 Å². The number of halogens is 4. The molecular weight excluding hydrogens is 519 g/mol. The van der Waals surface area contributed by atoms with Crippen LogP contribution in [0.15, 0.2) is 47.4 Å². The van der Waals surface area contributed by atoms with Gasteiger partial charge in [0.2, 0.25) is 15.3 Å². The molecule has 0 radical (unpaired) electrons. The summed E-state index contributed by atoms with van der Waals surface area (Å²) in [7, 11) is -2.36. The molecule has 0 bridgehead atoms. The van der Waals surface area contributed by atoms with Crippen LogP contribution >= 0.6 is 11.6 Å². The van der Waals surface area contributed by atoms with Crippen LogP contribution in [0.5, 0.6) is 5.75 Å². The summed E-state index contributed by atoms with van der Waals surface area (Å²) in [5, 5.41) is 3.01. The van der Waals surface area contributed by atoms with E-state index >= 15 is 0 Å². The van der Waals surface area contributed by atoms with Crippen molar-refractivity contribution >= 4 is 33.1 Å². The maximum absolute atomic E-state index is 13.3. The molecule has 1 aromatic heterocycles. The van der Waals surface area contributed by atoms with Gasteiger partial charge >= 0.3 is 6.18 Å². The molecule has 0 saturated heterocycles. The van der Waals surface area contributed by atoms with Crippen LogP contribution < -0.4 is 15.8 Å². The predicted molar refractivity (Wildman–Crippen MR) is 129 cm³/mol. The van der Waals surface area contributed by atoms with Gasteiger partial charge in [0, 0.05) is 30.8 Å². The Morgan fingerprint density at radius 1 is 1.17 bits per heavy atom. The van der Waals surface area contributed by atoms with E-state index in [1.54, 1.807) is 19.1 Å².